The van der Waals surface area contributed by atoms with Crippen molar-refractivity contribution in [2.45, 2.75) is 6.42 Å². The van der Waals surface area contributed by atoms with E-state index in [0.29, 0.717) is 11.4 Å². The van der Waals surface area contributed by atoms with E-state index >= 15 is 0 Å². The quantitative estimate of drug-likeness (QED) is 0.749. The highest BCUT2D eigenvalue weighted by Crippen LogP contribution is 2.15. The number of hydrogen-bond donors (Lipinski definition) is 0. The maximum atomic E-state index is 8.66. The first kappa shape index (κ1) is 11.0. The van der Waals surface area contributed by atoms with Crippen LogP contribution >= 0.6 is 0 Å². The number of aromatic nitrogens is 2. The van der Waals surface area contributed by atoms with Gasteiger partial charge in [-0.15, -0.1) is 6.58 Å². The number of nitrogens with zero attached hydrogens (tertiary/aromatic N) is 3. The summed E-state index contributed by atoms with van der Waals surface area (Å²) in [5, 5.41) is 8.66. The van der Waals surface area contributed by atoms with Crippen LogP contribution < -0.4 is 0 Å². The third-order valence-electron chi connectivity index (χ3n) is 2.37. The zero-order valence-electron chi connectivity index (χ0n) is 9.30. The molecule has 0 radical (unpaired) electrons. The second-order valence-corrected chi connectivity index (χ2v) is 3.60. The van der Waals surface area contributed by atoms with Gasteiger partial charge in [0.2, 0.25) is 0 Å². The van der Waals surface area contributed by atoms with E-state index in [1.54, 1.807) is 0 Å². The summed E-state index contributed by atoms with van der Waals surface area (Å²) in [6.45, 7) is 3.70. The standard InChI is InChI=1S/C14H11N3/c1-2-3-11-4-6-13(7-5-11)14-16-9-12(8-15)10-17-14/h2,4-7,9-10H,1,3H2. The van der Waals surface area contributed by atoms with E-state index in [1.807, 2.05) is 36.4 Å². The Kier molecular flexibility index (Phi) is 3.27. The molecule has 0 bridgehead atoms. The average molecular weight is 221 g/mol. The van der Waals surface area contributed by atoms with Crippen LogP contribution in [0.3, 0.4) is 0 Å². The van der Waals surface area contributed by atoms with Gasteiger partial charge < -0.3 is 0 Å². The molecular formula is C14H11N3. The molecule has 0 aliphatic heterocycles. The van der Waals surface area contributed by atoms with Crippen LogP contribution in [0.4, 0.5) is 0 Å². The molecule has 2 aromatic rings. The monoisotopic (exact) mass is 221 g/mol. The Morgan fingerprint density at radius 3 is 2.35 bits per heavy atom. The maximum absolute atomic E-state index is 8.66. The molecule has 0 spiro atoms. The summed E-state index contributed by atoms with van der Waals surface area (Å²) >= 11 is 0. The molecule has 17 heavy (non-hydrogen) atoms. The number of nitriles is 1. The zero-order valence-corrected chi connectivity index (χ0v) is 9.30. The van der Waals surface area contributed by atoms with Gasteiger partial charge in [0.1, 0.15) is 6.07 Å². The van der Waals surface area contributed by atoms with Crippen LogP contribution in [0.15, 0.2) is 49.3 Å². The van der Waals surface area contributed by atoms with Gasteiger partial charge in [-0.25, -0.2) is 9.97 Å². The van der Waals surface area contributed by atoms with Gasteiger partial charge in [-0.05, 0) is 12.0 Å². The minimum Gasteiger partial charge on any atom is -0.235 e. The number of rotatable bonds is 3. The van der Waals surface area contributed by atoms with Crippen LogP contribution in [0.2, 0.25) is 0 Å². The van der Waals surface area contributed by atoms with E-state index in [-0.39, 0.29) is 0 Å². The van der Waals surface area contributed by atoms with Gasteiger partial charge in [0.05, 0.1) is 5.56 Å². The molecule has 0 saturated heterocycles. The van der Waals surface area contributed by atoms with Crippen molar-refractivity contribution in [3.8, 4) is 17.5 Å². The highest BCUT2D eigenvalue weighted by atomic mass is 14.9. The zero-order chi connectivity index (χ0) is 12.1. The predicted molar refractivity (Wildman–Crippen MR) is 66.1 cm³/mol. The van der Waals surface area contributed by atoms with Crippen LogP contribution in [-0.2, 0) is 6.42 Å². The summed E-state index contributed by atoms with van der Waals surface area (Å²) < 4.78 is 0. The van der Waals surface area contributed by atoms with Crippen molar-refractivity contribution in [2.24, 2.45) is 0 Å². The molecule has 0 amide bonds. The van der Waals surface area contributed by atoms with Gasteiger partial charge in [0.25, 0.3) is 0 Å². The van der Waals surface area contributed by atoms with Crippen molar-refractivity contribution >= 4 is 0 Å². The van der Waals surface area contributed by atoms with Gasteiger partial charge in [-0.1, -0.05) is 30.3 Å². The molecule has 0 atom stereocenters. The van der Waals surface area contributed by atoms with Crippen molar-refractivity contribution in [1.82, 2.24) is 9.97 Å². The third-order valence-corrected chi connectivity index (χ3v) is 2.37. The Morgan fingerprint density at radius 1 is 1.18 bits per heavy atom. The SMILES string of the molecule is C=CCc1ccc(-c2ncc(C#N)cn2)cc1. The average Bonchev–Trinajstić information content (AvgIpc) is 2.40. The maximum Gasteiger partial charge on any atom is 0.159 e. The summed E-state index contributed by atoms with van der Waals surface area (Å²) in [6.07, 6.45) is 5.78. The molecule has 0 N–H and O–H groups in total. The van der Waals surface area contributed by atoms with Crippen LogP contribution in [0.1, 0.15) is 11.1 Å². The molecule has 0 unspecified atom stereocenters. The van der Waals surface area contributed by atoms with E-state index < -0.39 is 0 Å². The Hall–Kier alpha value is -2.47. The molecule has 1 aromatic heterocycles. The smallest absolute Gasteiger partial charge is 0.159 e. The van der Waals surface area contributed by atoms with Gasteiger partial charge in [-0.3, -0.25) is 0 Å². The number of benzene rings is 1. The fourth-order valence-electron chi connectivity index (χ4n) is 1.49. The summed E-state index contributed by atoms with van der Waals surface area (Å²) in [5.74, 6) is 0.633. The van der Waals surface area contributed by atoms with Crippen molar-refractivity contribution in [2.75, 3.05) is 0 Å². The van der Waals surface area contributed by atoms with E-state index in [2.05, 4.69) is 16.5 Å². The summed E-state index contributed by atoms with van der Waals surface area (Å²) in [6, 6.07) is 9.99. The Balaban J connectivity index is 2.27. The summed E-state index contributed by atoms with van der Waals surface area (Å²) in [7, 11) is 0. The van der Waals surface area contributed by atoms with Crippen LogP contribution in [0.5, 0.6) is 0 Å². The topological polar surface area (TPSA) is 49.6 Å². The van der Waals surface area contributed by atoms with Crippen LogP contribution in [0.25, 0.3) is 11.4 Å². The Labute approximate surface area is 100 Å². The van der Waals surface area contributed by atoms with Crippen molar-refractivity contribution in [1.29, 1.82) is 5.26 Å². The summed E-state index contributed by atoms with van der Waals surface area (Å²) in [4.78, 5) is 8.28. The lowest BCUT2D eigenvalue weighted by atomic mass is 10.1. The highest BCUT2D eigenvalue weighted by molar-refractivity contribution is 5.55. The summed E-state index contributed by atoms with van der Waals surface area (Å²) in [5.41, 5.74) is 2.62. The van der Waals surface area contributed by atoms with Gasteiger partial charge in [-0.2, -0.15) is 5.26 Å². The highest BCUT2D eigenvalue weighted by Gasteiger charge is 2.01. The number of allylic oxidation sites excluding steroid dienone is 1. The first-order valence-corrected chi connectivity index (χ1v) is 5.26. The first-order valence-electron chi connectivity index (χ1n) is 5.26. The molecule has 3 heteroatoms. The second kappa shape index (κ2) is 5.04. The minimum absolute atomic E-state index is 0.469. The molecule has 3 nitrogen and oxygen atoms in total. The second-order valence-electron chi connectivity index (χ2n) is 3.60. The normalized spacial score (nSPS) is 9.59. The molecule has 1 aromatic carbocycles. The van der Waals surface area contributed by atoms with Crippen LogP contribution in [0, 0.1) is 11.3 Å². The predicted octanol–water partition coefficient (Wildman–Crippen LogP) is 2.74. The molecule has 0 fully saturated rings. The molecule has 0 aliphatic carbocycles. The molecule has 2 rings (SSSR count). The molecule has 0 saturated carbocycles. The first-order chi connectivity index (χ1) is 8.33. The lowest BCUT2D eigenvalue weighted by molar-refractivity contribution is 1.16. The van der Waals surface area contributed by atoms with Crippen molar-refractivity contribution < 1.29 is 0 Å². The third kappa shape index (κ3) is 2.56. The van der Waals surface area contributed by atoms with Crippen LogP contribution in [-0.4, -0.2) is 9.97 Å². The lowest BCUT2D eigenvalue weighted by Crippen LogP contribution is -1.90. The lowest BCUT2D eigenvalue weighted by Gasteiger charge is -2.01. The van der Waals surface area contributed by atoms with Gasteiger partial charge >= 0.3 is 0 Å². The fraction of sp³-hybridized carbons (Fsp3) is 0.0714. The molecule has 0 aliphatic rings. The Morgan fingerprint density at radius 2 is 1.82 bits per heavy atom. The fourth-order valence-corrected chi connectivity index (χ4v) is 1.49. The van der Waals surface area contributed by atoms with E-state index in [9.17, 15) is 0 Å². The van der Waals surface area contributed by atoms with E-state index in [1.165, 1.54) is 18.0 Å². The molecule has 82 valence electrons. The van der Waals surface area contributed by atoms with Crippen molar-refractivity contribution in [3.05, 3.63) is 60.4 Å². The van der Waals surface area contributed by atoms with Crippen molar-refractivity contribution in [3.63, 3.8) is 0 Å². The van der Waals surface area contributed by atoms with Gasteiger partial charge in [0, 0.05) is 18.0 Å². The Bertz CT molecular complexity index is 548. The van der Waals surface area contributed by atoms with E-state index in [4.69, 9.17) is 5.26 Å². The molecule has 1 heterocycles. The van der Waals surface area contributed by atoms with Gasteiger partial charge in [0.15, 0.2) is 5.82 Å². The largest absolute Gasteiger partial charge is 0.235 e. The molecular weight excluding hydrogens is 210 g/mol. The number of hydrogen-bond acceptors (Lipinski definition) is 3. The van der Waals surface area contributed by atoms with E-state index in [0.717, 1.165) is 12.0 Å². The minimum atomic E-state index is 0.469.